The standard InChI is InChI=1S/C19H21N3O2S/c1-2-24-16-7-5-14(6-8-16)17-4-3-9-21(17)13-15-12-18(23)22-10-11-25-19(22)20-15/h5-8,10-12,17H,2-4,9,13H2,1H3/t17-/m0/s1. The van der Waals surface area contributed by atoms with Crippen molar-refractivity contribution in [2.75, 3.05) is 13.2 Å². The van der Waals surface area contributed by atoms with Crippen molar-refractivity contribution in [3.8, 4) is 5.75 Å². The van der Waals surface area contributed by atoms with Crippen LogP contribution in [0.5, 0.6) is 5.75 Å². The van der Waals surface area contributed by atoms with Crippen molar-refractivity contribution in [1.82, 2.24) is 14.3 Å². The van der Waals surface area contributed by atoms with Crippen molar-refractivity contribution in [2.45, 2.75) is 32.4 Å². The minimum absolute atomic E-state index is 0.00179. The third-order valence-corrected chi connectivity index (χ3v) is 5.42. The molecule has 3 heterocycles. The van der Waals surface area contributed by atoms with Gasteiger partial charge in [0.15, 0.2) is 4.96 Å². The summed E-state index contributed by atoms with van der Waals surface area (Å²) in [6.45, 7) is 4.42. The highest BCUT2D eigenvalue weighted by molar-refractivity contribution is 7.15. The molecule has 5 nitrogen and oxygen atoms in total. The molecule has 1 fully saturated rings. The van der Waals surface area contributed by atoms with Gasteiger partial charge in [-0.15, -0.1) is 11.3 Å². The van der Waals surface area contributed by atoms with Crippen LogP contribution in [-0.4, -0.2) is 27.4 Å². The van der Waals surface area contributed by atoms with Crippen LogP contribution in [0.15, 0.2) is 46.7 Å². The van der Waals surface area contributed by atoms with Crippen LogP contribution in [0.2, 0.25) is 0 Å². The lowest BCUT2D eigenvalue weighted by atomic mass is 10.0. The number of fused-ring (bicyclic) bond motifs is 1. The first-order valence-corrected chi connectivity index (χ1v) is 9.55. The fourth-order valence-electron chi connectivity index (χ4n) is 3.52. The van der Waals surface area contributed by atoms with E-state index in [-0.39, 0.29) is 5.56 Å². The molecule has 0 spiro atoms. The number of ether oxygens (including phenoxy) is 1. The predicted octanol–water partition coefficient (Wildman–Crippen LogP) is 3.49. The van der Waals surface area contributed by atoms with Crippen LogP contribution in [0.4, 0.5) is 0 Å². The Morgan fingerprint density at radius 1 is 1.32 bits per heavy atom. The molecular weight excluding hydrogens is 334 g/mol. The molecule has 0 bridgehead atoms. The molecular formula is C19H21N3O2S. The first-order chi connectivity index (χ1) is 12.2. The van der Waals surface area contributed by atoms with Gasteiger partial charge in [-0.1, -0.05) is 12.1 Å². The summed E-state index contributed by atoms with van der Waals surface area (Å²) in [7, 11) is 0. The van der Waals surface area contributed by atoms with E-state index in [0.717, 1.165) is 35.8 Å². The molecule has 1 atom stereocenters. The number of likely N-dealkylation sites (tertiary alicyclic amines) is 1. The molecule has 0 amide bonds. The van der Waals surface area contributed by atoms with Crippen LogP contribution in [0.1, 0.15) is 37.1 Å². The molecule has 1 aliphatic rings. The highest BCUT2D eigenvalue weighted by Crippen LogP contribution is 2.33. The zero-order valence-corrected chi connectivity index (χ0v) is 15.0. The van der Waals surface area contributed by atoms with Crippen LogP contribution in [0, 0.1) is 0 Å². The van der Waals surface area contributed by atoms with Crippen molar-refractivity contribution in [1.29, 1.82) is 0 Å². The Morgan fingerprint density at radius 3 is 2.96 bits per heavy atom. The topological polar surface area (TPSA) is 46.8 Å². The van der Waals surface area contributed by atoms with E-state index >= 15 is 0 Å². The fraction of sp³-hybridized carbons (Fsp3) is 0.368. The Bertz CT molecular complexity index is 916. The van der Waals surface area contributed by atoms with E-state index in [9.17, 15) is 4.79 Å². The molecule has 6 heteroatoms. The van der Waals surface area contributed by atoms with Gasteiger partial charge < -0.3 is 4.74 Å². The number of thiazole rings is 1. The van der Waals surface area contributed by atoms with Crippen molar-refractivity contribution < 1.29 is 4.74 Å². The summed E-state index contributed by atoms with van der Waals surface area (Å²) in [6.07, 6.45) is 4.07. The van der Waals surface area contributed by atoms with Crippen LogP contribution < -0.4 is 10.3 Å². The summed E-state index contributed by atoms with van der Waals surface area (Å²) < 4.78 is 7.13. The predicted molar refractivity (Wildman–Crippen MR) is 99.3 cm³/mol. The van der Waals surface area contributed by atoms with E-state index in [1.54, 1.807) is 16.7 Å². The molecule has 0 saturated carbocycles. The highest BCUT2D eigenvalue weighted by atomic mass is 32.1. The molecule has 1 saturated heterocycles. The zero-order valence-electron chi connectivity index (χ0n) is 14.2. The molecule has 0 radical (unpaired) electrons. The first-order valence-electron chi connectivity index (χ1n) is 8.67. The lowest BCUT2D eigenvalue weighted by Gasteiger charge is -2.24. The summed E-state index contributed by atoms with van der Waals surface area (Å²) in [4.78, 5) is 20.0. The lowest BCUT2D eigenvalue weighted by molar-refractivity contribution is 0.245. The SMILES string of the molecule is CCOc1ccc([C@@H]2CCCN2Cc2cc(=O)n3ccsc3n2)cc1. The van der Waals surface area contributed by atoms with Crippen LogP contribution >= 0.6 is 11.3 Å². The average molecular weight is 355 g/mol. The van der Waals surface area contributed by atoms with Gasteiger partial charge in [-0.05, 0) is 44.0 Å². The van der Waals surface area contributed by atoms with Crippen LogP contribution in [0.3, 0.4) is 0 Å². The number of benzene rings is 1. The summed E-state index contributed by atoms with van der Waals surface area (Å²) in [5.74, 6) is 0.911. The molecule has 4 rings (SSSR count). The Hall–Kier alpha value is -2.18. The first kappa shape index (κ1) is 16.3. The maximum Gasteiger partial charge on any atom is 0.258 e. The second-order valence-corrected chi connectivity index (χ2v) is 7.14. The molecule has 2 aromatic heterocycles. The zero-order chi connectivity index (χ0) is 17.2. The largest absolute Gasteiger partial charge is 0.494 e. The Labute approximate surface area is 150 Å². The van der Waals surface area contributed by atoms with E-state index in [4.69, 9.17) is 4.74 Å². The molecule has 0 aliphatic carbocycles. The number of nitrogens with zero attached hydrogens (tertiary/aromatic N) is 3. The van der Waals surface area contributed by atoms with Gasteiger partial charge in [0.05, 0.1) is 12.3 Å². The maximum absolute atomic E-state index is 12.2. The third-order valence-electron chi connectivity index (χ3n) is 4.66. The average Bonchev–Trinajstić information content (AvgIpc) is 3.25. The molecule has 130 valence electrons. The minimum atomic E-state index is -0.00179. The van der Waals surface area contributed by atoms with Crippen molar-refractivity contribution >= 4 is 16.3 Å². The van der Waals surface area contributed by atoms with Crippen molar-refractivity contribution in [3.05, 3.63) is 63.5 Å². The van der Waals surface area contributed by atoms with Crippen LogP contribution in [0.25, 0.3) is 4.96 Å². The number of hydrogen-bond acceptors (Lipinski definition) is 5. The number of hydrogen-bond donors (Lipinski definition) is 0. The monoisotopic (exact) mass is 355 g/mol. The van der Waals surface area contributed by atoms with Gasteiger partial charge in [-0.3, -0.25) is 14.1 Å². The highest BCUT2D eigenvalue weighted by Gasteiger charge is 2.26. The van der Waals surface area contributed by atoms with Crippen molar-refractivity contribution in [3.63, 3.8) is 0 Å². The Balaban J connectivity index is 1.55. The smallest absolute Gasteiger partial charge is 0.258 e. The lowest BCUT2D eigenvalue weighted by Crippen LogP contribution is -2.25. The van der Waals surface area contributed by atoms with Crippen molar-refractivity contribution in [2.24, 2.45) is 0 Å². The molecule has 25 heavy (non-hydrogen) atoms. The van der Waals surface area contributed by atoms with Gasteiger partial charge in [0.2, 0.25) is 0 Å². The summed E-state index contributed by atoms with van der Waals surface area (Å²) >= 11 is 1.50. The molecule has 0 unspecified atom stereocenters. The van der Waals surface area contributed by atoms with Gasteiger partial charge in [0.25, 0.3) is 5.56 Å². The normalized spacial score (nSPS) is 18.0. The molecule has 3 aromatic rings. The van der Waals surface area contributed by atoms with E-state index < -0.39 is 0 Å². The van der Waals surface area contributed by atoms with Gasteiger partial charge >= 0.3 is 0 Å². The number of aromatic nitrogens is 2. The minimum Gasteiger partial charge on any atom is -0.494 e. The van der Waals surface area contributed by atoms with E-state index in [1.165, 1.54) is 16.9 Å². The van der Waals surface area contributed by atoms with Gasteiger partial charge in [-0.2, -0.15) is 0 Å². The van der Waals surface area contributed by atoms with Gasteiger partial charge in [-0.25, -0.2) is 4.98 Å². The van der Waals surface area contributed by atoms with E-state index in [0.29, 0.717) is 19.2 Å². The summed E-state index contributed by atoms with van der Waals surface area (Å²) in [5.41, 5.74) is 2.15. The number of rotatable bonds is 5. The van der Waals surface area contributed by atoms with E-state index in [1.807, 2.05) is 24.4 Å². The third kappa shape index (κ3) is 3.32. The summed E-state index contributed by atoms with van der Waals surface area (Å²) in [6, 6.07) is 10.4. The summed E-state index contributed by atoms with van der Waals surface area (Å²) in [5, 5.41) is 1.89. The van der Waals surface area contributed by atoms with E-state index in [2.05, 4.69) is 22.0 Å². The Kier molecular flexibility index (Phi) is 4.55. The molecule has 1 aliphatic heterocycles. The molecule has 1 aromatic carbocycles. The Morgan fingerprint density at radius 2 is 2.16 bits per heavy atom. The van der Waals surface area contributed by atoms with Gasteiger partial charge in [0.1, 0.15) is 5.75 Å². The van der Waals surface area contributed by atoms with Gasteiger partial charge in [0, 0.05) is 30.2 Å². The maximum atomic E-state index is 12.2. The molecule has 0 N–H and O–H groups in total. The second kappa shape index (κ2) is 6.98. The van der Waals surface area contributed by atoms with Crippen LogP contribution in [-0.2, 0) is 6.54 Å². The quantitative estimate of drug-likeness (QED) is 0.703. The second-order valence-electron chi connectivity index (χ2n) is 6.27. The fourth-order valence-corrected chi connectivity index (χ4v) is 4.26.